The van der Waals surface area contributed by atoms with Crippen LogP contribution in [0.2, 0.25) is 10.1 Å². The van der Waals surface area contributed by atoms with Crippen molar-refractivity contribution in [3.63, 3.8) is 0 Å². The van der Waals surface area contributed by atoms with Crippen LogP contribution < -0.4 is 20.7 Å². The Balaban J connectivity index is 1.71. The number of ether oxygens (including phenoxy) is 2. The molecule has 0 radical (unpaired) electrons. The summed E-state index contributed by atoms with van der Waals surface area (Å²) in [5, 5.41) is 4.63. The first-order chi connectivity index (χ1) is 21.4. The average Bonchev–Trinajstić information content (AvgIpc) is 3.03. The largest absolute Gasteiger partial charge is 0.402 e. The molecule has 0 unspecified atom stereocenters. The van der Waals surface area contributed by atoms with E-state index < -0.39 is 16.6 Å². The van der Waals surface area contributed by atoms with Crippen molar-refractivity contribution >= 4 is 37.4 Å². The molecule has 0 saturated carbocycles. The van der Waals surface area contributed by atoms with E-state index in [-0.39, 0.29) is 34.7 Å². The smallest absolute Gasteiger partial charge is 0.261 e. The predicted molar refractivity (Wildman–Crippen MR) is 191 cm³/mol. The van der Waals surface area contributed by atoms with E-state index in [1.807, 2.05) is 0 Å². The van der Waals surface area contributed by atoms with Crippen molar-refractivity contribution in [1.82, 2.24) is 0 Å². The summed E-state index contributed by atoms with van der Waals surface area (Å²) >= 11 is 0. The summed E-state index contributed by atoms with van der Waals surface area (Å²) in [6.07, 6.45) is -0.666. The second-order valence-corrected chi connectivity index (χ2v) is 22.8. The number of hydrogen-bond acceptors (Lipinski definition) is 4. The minimum absolute atomic E-state index is 0.179. The third-order valence-corrected chi connectivity index (χ3v) is 19.5. The van der Waals surface area contributed by atoms with Crippen molar-refractivity contribution in [2.75, 3.05) is 7.11 Å². The third-order valence-electron chi connectivity index (χ3n) is 9.36. The molecule has 1 heterocycles. The summed E-state index contributed by atoms with van der Waals surface area (Å²) < 4.78 is 28.1. The van der Waals surface area contributed by atoms with Gasteiger partial charge in [-0.1, -0.05) is 163 Å². The summed E-state index contributed by atoms with van der Waals surface area (Å²) in [6.45, 7) is 16.1. The molecule has 0 aromatic heterocycles. The maximum absolute atomic E-state index is 7.84. The lowest BCUT2D eigenvalue weighted by atomic mass is 10.0. The SMILES string of the molecule is CO[C@@H]1C[C@H](O[Si](c2ccccc2)(c2ccccc2)C(C)(C)C)[C@H](O[Si](c2ccccc2)(c2ccccc2)C(C)(C)C)[C@@H](C)O1. The lowest BCUT2D eigenvalue weighted by Crippen LogP contribution is -2.73. The molecule has 1 saturated heterocycles. The fourth-order valence-electron chi connectivity index (χ4n) is 7.25. The number of hydrogen-bond donors (Lipinski definition) is 0. The van der Waals surface area contributed by atoms with Gasteiger partial charge in [0.15, 0.2) is 6.29 Å². The molecule has 0 amide bonds. The second-order valence-electron chi connectivity index (χ2n) is 14.3. The summed E-state index contributed by atoms with van der Waals surface area (Å²) in [6, 6.07) is 43.4. The summed E-state index contributed by atoms with van der Waals surface area (Å²) in [5.41, 5.74) is 0. The van der Waals surface area contributed by atoms with Crippen LogP contribution in [-0.4, -0.2) is 48.3 Å². The Kier molecular flexibility index (Phi) is 10.0. The molecule has 0 bridgehead atoms. The maximum atomic E-state index is 7.84. The second kappa shape index (κ2) is 13.5. The van der Waals surface area contributed by atoms with Crippen LogP contribution in [-0.2, 0) is 18.3 Å². The summed E-state index contributed by atoms with van der Waals surface area (Å²) in [4.78, 5) is 0. The quantitative estimate of drug-likeness (QED) is 0.192. The molecule has 0 aliphatic carbocycles. The van der Waals surface area contributed by atoms with E-state index in [1.54, 1.807) is 7.11 Å². The molecular weight excluding hydrogens is 589 g/mol. The van der Waals surface area contributed by atoms with Gasteiger partial charge in [-0.25, -0.2) is 0 Å². The van der Waals surface area contributed by atoms with Crippen LogP contribution in [0, 0.1) is 0 Å². The van der Waals surface area contributed by atoms with E-state index in [2.05, 4.69) is 170 Å². The molecule has 1 aliphatic rings. The van der Waals surface area contributed by atoms with Crippen LogP contribution in [0.4, 0.5) is 0 Å². The average molecular weight is 639 g/mol. The van der Waals surface area contributed by atoms with Gasteiger partial charge in [0.1, 0.15) is 0 Å². The van der Waals surface area contributed by atoms with Gasteiger partial charge in [0.2, 0.25) is 0 Å². The zero-order chi connectivity index (χ0) is 32.3. The van der Waals surface area contributed by atoms with Gasteiger partial charge in [0, 0.05) is 13.5 Å². The van der Waals surface area contributed by atoms with E-state index >= 15 is 0 Å². The molecule has 4 atom stereocenters. The molecule has 0 N–H and O–H groups in total. The summed E-state index contributed by atoms with van der Waals surface area (Å²) in [7, 11) is -4.10. The Morgan fingerprint density at radius 2 is 0.889 bits per heavy atom. The monoisotopic (exact) mass is 638 g/mol. The van der Waals surface area contributed by atoms with Crippen LogP contribution in [0.3, 0.4) is 0 Å². The molecule has 238 valence electrons. The standard InChI is InChI=1S/C39H50O4Si2/c1-30-37(43-45(39(5,6)7,33-25-17-11-18-26-33)34-27-19-12-20-28-34)35(29-36(40-8)41-30)42-44(38(2,3)4,31-21-13-9-14-22-31)32-23-15-10-16-24-32/h9-28,30,35-37H,29H2,1-8H3/t30-,35+,36+,37-/m1/s1. The Labute approximate surface area is 273 Å². The van der Waals surface area contributed by atoms with Crippen LogP contribution in [0.5, 0.6) is 0 Å². The fraction of sp³-hybridized carbons (Fsp3) is 0.385. The summed E-state index contributed by atoms with van der Waals surface area (Å²) in [5.74, 6) is 0. The minimum Gasteiger partial charge on any atom is -0.402 e. The van der Waals surface area contributed by atoms with Crippen molar-refractivity contribution in [2.24, 2.45) is 0 Å². The molecule has 0 spiro atoms. The Hall–Kier alpha value is -2.85. The van der Waals surface area contributed by atoms with E-state index in [0.29, 0.717) is 6.42 Å². The topological polar surface area (TPSA) is 36.9 Å². The van der Waals surface area contributed by atoms with Crippen molar-refractivity contribution in [3.05, 3.63) is 121 Å². The molecule has 5 rings (SSSR count). The van der Waals surface area contributed by atoms with Crippen molar-refractivity contribution in [1.29, 1.82) is 0 Å². The highest BCUT2D eigenvalue weighted by Gasteiger charge is 2.57. The maximum Gasteiger partial charge on any atom is 0.261 e. The number of benzene rings is 4. The Morgan fingerprint density at radius 1 is 0.556 bits per heavy atom. The van der Waals surface area contributed by atoms with E-state index in [4.69, 9.17) is 18.3 Å². The first kappa shape index (κ1) is 33.5. The van der Waals surface area contributed by atoms with Crippen molar-refractivity contribution < 1.29 is 18.3 Å². The predicted octanol–water partition coefficient (Wildman–Crippen LogP) is 6.66. The first-order valence-electron chi connectivity index (χ1n) is 16.2. The van der Waals surface area contributed by atoms with E-state index in [0.717, 1.165) is 0 Å². The Bertz CT molecular complexity index is 1410. The number of methoxy groups -OCH3 is 1. The van der Waals surface area contributed by atoms with Crippen molar-refractivity contribution in [2.45, 2.75) is 89.6 Å². The lowest BCUT2D eigenvalue weighted by Gasteiger charge is -2.52. The third kappa shape index (κ3) is 6.42. The zero-order valence-corrected chi connectivity index (χ0v) is 30.2. The van der Waals surface area contributed by atoms with Crippen LogP contribution in [0.15, 0.2) is 121 Å². The van der Waals surface area contributed by atoms with Gasteiger partial charge in [-0.3, -0.25) is 0 Å². The molecule has 6 heteroatoms. The van der Waals surface area contributed by atoms with Gasteiger partial charge >= 0.3 is 0 Å². The fourth-order valence-corrected chi connectivity index (χ4v) is 16.7. The molecule has 1 aliphatic heterocycles. The van der Waals surface area contributed by atoms with Gasteiger partial charge in [-0.15, -0.1) is 0 Å². The van der Waals surface area contributed by atoms with E-state index in [9.17, 15) is 0 Å². The molecule has 1 fully saturated rings. The normalized spacial score (nSPS) is 21.4. The minimum atomic E-state index is -2.92. The van der Waals surface area contributed by atoms with Gasteiger partial charge < -0.3 is 18.3 Å². The van der Waals surface area contributed by atoms with Crippen LogP contribution in [0.1, 0.15) is 54.9 Å². The van der Waals surface area contributed by atoms with E-state index in [1.165, 1.54) is 20.7 Å². The van der Waals surface area contributed by atoms with Gasteiger partial charge in [0.05, 0.1) is 18.3 Å². The molecule has 4 aromatic rings. The first-order valence-corrected chi connectivity index (χ1v) is 20.0. The van der Waals surface area contributed by atoms with Crippen LogP contribution >= 0.6 is 0 Å². The highest BCUT2D eigenvalue weighted by Crippen LogP contribution is 2.43. The molecular formula is C39H50O4Si2. The molecule has 4 aromatic carbocycles. The Morgan fingerprint density at radius 3 is 1.20 bits per heavy atom. The van der Waals surface area contributed by atoms with Crippen molar-refractivity contribution in [3.8, 4) is 0 Å². The van der Waals surface area contributed by atoms with Crippen LogP contribution in [0.25, 0.3) is 0 Å². The van der Waals surface area contributed by atoms with Gasteiger partial charge in [-0.05, 0) is 37.7 Å². The number of rotatable bonds is 9. The molecule has 45 heavy (non-hydrogen) atoms. The van der Waals surface area contributed by atoms with Gasteiger partial charge in [-0.2, -0.15) is 0 Å². The van der Waals surface area contributed by atoms with Gasteiger partial charge in [0.25, 0.3) is 16.6 Å². The highest BCUT2D eigenvalue weighted by molar-refractivity contribution is 7.00. The lowest BCUT2D eigenvalue weighted by molar-refractivity contribution is -0.230. The zero-order valence-electron chi connectivity index (χ0n) is 28.2. The molecule has 4 nitrogen and oxygen atoms in total. The highest BCUT2D eigenvalue weighted by atomic mass is 28.4.